The predicted molar refractivity (Wildman–Crippen MR) is 43.8 cm³/mol. The van der Waals surface area contributed by atoms with Gasteiger partial charge in [0.05, 0.1) is 6.61 Å². The molecule has 0 bridgehead atoms. The van der Waals surface area contributed by atoms with Crippen LogP contribution in [0.2, 0.25) is 0 Å². The van der Waals surface area contributed by atoms with E-state index in [2.05, 4.69) is 19.9 Å². The van der Waals surface area contributed by atoms with Gasteiger partial charge in [0, 0.05) is 11.0 Å². The molecule has 0 amide bonds. The number of hydrogen-bond acceptors (Lipinski definition) is 1. The van der Waals surface area contributed by atoms with Gasteiger partial charge in [0.15, 0.2) is 0 Å². The Hall–Kier alpha value is -0.980. The van der Waals surface area contributed by atoms with Crippen molar-refractivity contribution in [1.29, 1.82) is 0 Å². The molecule has 1 aliphatic heterocycles. The van der Waals surface area contributed by atoms with Crippen molar-refractivity contribution >= 4 is 0 Å². The van der Waals surface area contributed by atoms with Gasteiger partial charge in [-0.1, -0.05) is 19.9 Å². The maximum atomic E-state index is 5.49. The van der Waals surface area contributed by atoms with Crippen molar-refractivity contribution in [2.24, 2.45) is 0 Å². The van der Waals surface area contributed by atoms with Crippen molar-refractivity contribution in [3.63, 3.8) is 0 Å². The van der Waals surface area contributed by atoms with Crippen LogP contribution in [-0.2, 0) is 5.41 Å². The molecule has 0 aliphatic carbocycles. The molecule has 0 N–H and O–H groups in total. The van der Waals surface area contributed by atoms with Crippen LogP contribution in [0.25, 0.3) is 0 Å². The smallest absolute Gasteiger partial charge is 0.123 e. The summed E-state index contributed by atoms with van der Waals surface area (Å²) in [6, 6.07) is 8.95. The maximum Gasteiger partial charge on any atom is 0.123 e. The third kappa shape index (κ3) is 0.917. The van der Waals surface area contributed by atoms with Crippen LogP contribution in [0.15, 0.2) is 18.2 Å². The number of benzene rings is 1. The molecule has 11 heavy (non-hydrogen) atoms. The van der Waals surface area contributed by atoms with Crippen LogP contribution >= 0.6 is 0 Å². The van der Waals surface area contributed by atoms with Crippen LogP contribution in [0.4, 0.5) is 0 Å². The van der Waals surface area contributed by atoms with Gasteiger partial charge in [0.25, 0.3) is 0 Å². The molecular formula is C10H11O. The Bertz CT molecular complexity index is 276. The molecule has 0 unspecified atom stereocenters. The number of fused-ring (bicyclic) bond motifs is 1. The Morgan fingerprint density at radius 1 is 1.55 bits per heavy atom. The van der Waals surface area contributed by atoms with Crippen molar-refractivity contribution in [3.05, 3.63) is 29.8 Å². The molecule has 1 aromatic rings. The van der Waals surface area contributed by atoms with Gasteiger partial charge >= 0.3 is 0 Å². The molecule has 0 saturated carbocycles. The normalized spacial score (nSPS) is 19.1. The average molecular weight is 147 g/mol. The van der Waals surface area contributed by atoms with Gasteiger partial charge < -0.3 is 4.74 Å². The Morgan fingerprint density at radius 3 is 3.09 bits per heavy atom. The lowest BCUT2D eigenvalue weighted by atomic mass is 9.87. The molecule has 2 rings (SSSR count). The first-order valence-corrected chi connectivity index (χ1v) is 3.83. The summed E-state index contributed by atoms with van der Waals surface area (Å²) < 4.78 is 5.49. The van der Waals surface area contributed by atoms with Gasteiger partial charge in [-0.25, -0.2) is 0 Å². The molecule has 1 aliphatic rings. The van der Waals surface area contributed by atoms with Gasteiger partial charge in [-0.05, 0) is 18.2 Å². The van der Waals surface area contributed by atoms with Gasteiger partial charge in [-0.2, -0.15) is 0 Å². The van der Waals surface area contributed by atoms with Gasteiger partial charge in [0.1, 0.15) is 5.75 Å². The molecule has 0 atom stereocenters. The van der Waals surface area contributed by atoms with Crippen molar-refractivity contribution < 1.29 is 4.74 Å². The van der Waals surface area contributed by atoms with E-state index in [1.807, 2.05) is 18.2 Å². The molecule has 0 saturated heterocycles. The van der Waals surface area contributed by atoms with Crippen LogP contribution < -0.4 is 4.74 Å². The Labute approximate surface area is 67.0 Å². The Kier molecular flexibility index (Phi) is 1.22. The van der Waals surface area contributed by atoms with E-state index < -0.39 is 0 Å². The lowest BCUT2D eigenvalue weighted by molar-refractivity contribution is 0.291. The molecule has 0 fully saturated rings. The van der Waals surface area contributed by atoms with Crippen LogP contribution in [-0.4, -0.2) is 6.61 Å². The van der Waals surface area contributed by atoms with Crippen molar-refractivity contribution in [1.82, 2.24) is 0 Å². The van der Waals surface area contributed by atoms with E-state index in [0.29, 0.717) is 0 Å². The zero-order valence-corrected chi connectivity index (χ0v) is 6.85. The third-order valence-corrected chi connectivity index (χ3v) is 2.14. The van der Waals surface area contributed by atoms with Crippen molar-refractivity contribution in [2.45, 2.75) is 19.3 Å². The predicted octanol–water partition coefficient (Wildman–Crippen LogP) is 2.16. The van der Waals surface area contributed by atoms with Crippen LogP contribution in [0, 0.1) is 6.07 Å². The molecule has 0 aromatic heterocycles. The Balaban J connectivity index is 2.56. The second-order valence-corrected chi connectivity index (χ2v) is 3.59. The van der Waals surface area contributed by atoms with E-state index >= 15 is 0 Å². The minimum absolute atomic E-state index is 0.174. The summed E-state index contributed by atoms with van der Waals surface area (Å²) in [7, 11) is 0. The summed E-state index contributed by atoms with van der Waals surface area (Å²) >= 11 is 0. The molecule has 1 heterocycles. The zero-order chi connectivity index (χ0) is 7.90. The first-order chi connectivity index (χ1) is 5.20. The SMILES string of the molecule is CC1(C)COc2cc[c]cc21. The number of ether oxygens (including phenoxy) is 1. The first kappa shape index (κ1) is 6.71. The van der Waals surface area contributed by atoms with Gasteiger partial charge in [-0.15, -0.1) is 0 Å². The van der Waals surface area contributed by atoms with E-state index in [-0.39, 0.29) is 5.41 Å². The fraction of sp³-hybridized carbons (Fsp3) is 0.400. The molecule has 57 valence electrons. The van der Waals surface area contributed by atoms with E-state index in [9.17, 15) is 0 Å². The highest BCUT2D eigenvalue weighted by molar-refractivity contribution is 5.41. The summed E-state index contributed by atoms with van der Waals surface area (Å²) in [5.41, 5.74) is 1.45. The second-order valence-electron chi connectivity index (χ2n) is 3.59. The second kappa shape index (κ2) is 2.00. The maximum absolute atomic E-state index is 5.49. The van der Waals surface area contributed by atoms with E-state index in [1.165, 1.54) is 5.56 Å². The average Bonchev–Trinajstić information content (AvgIpc) is 2.29. The van der Waals surface area contributed by atoms with E-state index in [0.717, 1.165) is 12.4 Å². The molecular weight excluding hydrogens is 136 g/mol. The number of hydrogen-bond donors (Lipinski definition) is 0. The summed E-state index contributed by atoms with van der Waals surface area (Å²) in [5, 5.41) is 0. The lowest BCUT2D eigenvalue weighted by Crippen LogP contribution is -2.18. The highest BCUT2D eigenvalue weighted by Gasteiger charge is 2.30. The van der Waals surface area contributed by atoms with Gasteiger partial charge in [0.2, 0.25) is 0 Å². The third-order valence-electron chi connectivity index (χ3n) is 2.14. The zero-order valence-electron chi connectivity index (χ0n) is 6.85. The number of rotatable bonds is 0. The molecule has 1 radical (unpaired) electrons. The molecule has 1 aromatic carbocycles. The van der Waals surface area contributed by atoms with Crippen LogP contribution in [0.5, 0.6) is 5.75 Å². The minimum atomic E-state index is 0.174. The monoisotopic (exact) mass is 147 g/mol. The fourth-order valence-electron chi connectivity index (χ4n) is 1.41. The molecule has 1 nitrogen and oxygen atoms in total. The lowest BCUT2D eigenvalue weighted by Gasteiger charge is -2.14. The largest absolute Gasteiger partial charge is 0.492 e. The highest BCUT2D eigenvalue weighted by atomic mass is 16.5. The van der Waals surface area contributed by atoms with Crippen molar-refractivity contribution in [2.75, 3.05) is 6.61 Å². The van der Waals surface area contributed by atoms with Crippen molar-refractivity contribution in [3.8, 4) is 5.75 Å². The molecule has 0 spiro atoms. The van der Waals surface area contributed by atoms with Crippen LogP contribution in [0.1, 0.15) is 19.4 Å². The fourth-order valence-corrected chi connectivity index (χ4v) is 1.41. The van der Waals surface area contributed by atoms with Gasteiger partial charge in [-0.3, -0.25) is 0 Å². The van der Waals surface area contributed by atoms with E-state index in [4.69, 9.17) is 4.74 Å². The summed E-state index contributed by atoms with van der Waals surface area (Å²) in [6.45, 7) is 5.17. The topological polar surface area (TPSA) is 9.23 Å². The first-order valence-electron chi connectivity index (χ1n) is 3.83. The summed E-state index contributed by atoms with van der Waals surface area (Å²) in [4.78, 5) is 0. The van der Waals surface area contributed by atoms with E-state index in [1.54, 1.807) is 0 Å². The Morgan fingerprint density at radius 2 is 2.36 bits per heavy atom. The van der Waals surface area contributed by atoms with Crippen LogP contribution in [0.3, 0.4) is 0 Å². The quantitative estimate of drug-likeness (QED) is 0.546. The minimum Gasteiger partial charge on any atom is -0.492 e. The summed E-state index contributed by atoms with van der Waals surface area (Å²) in [6.07, 6.45) is 0. The summed E-state index contributed by atoms with van der Waals surface area (Å²) in [5.74, 6) is 1.02. The standard InChI is InChI=1S/C10H11O/c1-10(2)7-11-9-6-4-3-5-8(9)10/h4-6H,7H2,1-2H3. The molecule has 1 heteroatoms. The highest BCUT2D eigenvalue weighted by Crippen LogP contribution is 2.37.